The fourth-order valence-electron chi connectivity index (χ4n) is 1.38. The molecule has 0 atom stereocenters. The van der Waals surface area contributed by atoms with E-state index in [0.717, 1.165) is 24.2 Å². The van der Waals surface area contributed by atoms with E-state index in [1.807, 2.05) is 25.1 Å². The van der Waals surface area contributed by atoms with Crippen LogP contribution in [0.1, 0.15) is 32.3 Å². The minimum Gasteiger partial charge on any atom is -0.490 e. The number of rotatable bonds is 7. The van der Waals surface area contributed by atoms with Crippen molar-refractivity contribution >= 4 is 17.2 Å². The Balaban J connectivity index is 2.83. The molecule has 0 spiro atoms. The minimum atomic E-state index is 0.367. The van der Waals surface area contributed by atoms with Gasteiger partial charge in [-0.05, 0) is 31.5 Å². The zero-order valence-corrected chi connectivity index (χ0v) is 11.2. The molecular formula is C13H19NO2S. The van der Waals surface area contributed by atoms with Gasteiger partial charge in [-0.1, -0.05) is 25.6 Å². The lowest BCUT2D eigenvalue weighted by molar-refractivity contribution is 0.272. The first-order valence-corrected chi connectivity index (χ1v) is 6.29. The Morgan fingerprint density at radius 2 is 2.00 bits per heavy atom. The Morgan fingerprint density at radius 3 is 2.59 bits per heavy atom. The molecule has 17 heavy (non-hydrogen) atoms. The third kappa shape index (κ3) is 4.23. The first-order valence-electron chi connectivity index (χ1n) is 5.88. The molecule has 0 bridgehead atoms. The molecule has 3 nitrogen and oxygen atoms in total. The van der Waals surface area contributed by atoms with E-state index in [1.165, 1.54) is 0 Å². The molecule has 0 fully saturated rings. The van der Waals surface area contributed by atoms with Crippen molar-refractivity contribution in [3.63, 3.8) is 0 Å². The van der Waals surface area contributed by atoms with Crippen molar-refractivity contribution in [3.8, 4) is 11.5 Å². The molecule has 0 heterocycles. The lowest BCUT2D eigenvalue weighted by Crippen LogP contribution is -2.10. The monoisotopic (exact) mass is 253 g/mol. The van der Waals surface area contributed by atoms with Crippen molar-refractivity contribution < 1.29 is 9.47 Å². The molecule has 94 valence electrons. The number of hydrogen-bond acceptors (Lipinski definition) is 3. The van der Waals surface area contributed by atoms with E-state index >= 15 is 0 Å². The lowest BCUT2D eigenvalue weighted by Gasteiger charge is -2.12. The van der Waals surface area contributed by atoms with E-state index in [-0.39, 0.29) is 0 Å². The van der Waals surface area contributed by atoms with Gasteiger partial charge in [0.25, 0.3) is 0 Å². The highest BCUT2D eigenvalue weighted by Gasteiger charge is 2.07. The third-order valence-electron chi connectivity index (χ3n) is 2.28. The minimum absolute atomic E-state index is 0.367. The van der Waals surface area contributed by atoms with Crippen molar-refractivity contribution in [1.29, 1.82) is 0 Å². The summed E-state index contributed by atoms with van der Waals surface area (Å²) in [5.41, 5.74) is 6.38. The summed E-state index contributed by atoms with van der Waals surface area (Å²) in [6, 6.07) is 5.54. The summed E-state index contributed by atoms with van der Waals surface area (Å²) >= 11 is 4.94. The molecular weight excluding hydrogens is 234 g/mol. The van der Waals surface area contributed by atoms with Gasteiger partial charge >= 0.3 is 0 Å². The van der Waals surface area contributed by atoms with Crippen LogP contribution in [-0.4, -0.2) is 18.2 Å². The van der Waals surface area contributed by atoms with Crippen molar-refractivity contribution in [1.82, 2.24) is 0 Å². The van der Waals surface area contributed by atoms with Crippen molar-refractivity contribution in [3.05, 3.63) is 23.8 Å². The molecule has 1 rings (SSSR count). The highest BCUT2D eigenvalue weighted by Crippen LogP contribution is 2.28. The smallest absolute Gasteiger partial charge is 0.161 e. The maximum absolute atomic E-state index is 5.66. The normalized spacial score (nSPS) is 10.0. The van der Waals surface area contributed by atoms with Crippen molar-refractivity contribution in [2.45, 2.75) is 26.7 Å². The van der Waals surface area contributed by atoms with Crippen molar-refractivity contribution in [2.24, 2.45) is 5.73 Å². The van der Waals surface area contributed by atoms with Crippen LogP contribution in [0.25, 0.3) is 0 Å². The summed E-state index contributed by atoms with van der Waals surface area (Å²) < 4.78 is 11.2. The van der Waals surface area contributed by atoms with Gasteiger partial charge in [0.05, 0.1) is 13.2 Å². The first-order chi connectivity index (χ1) is 8.19. The molecule has 0 amide bonds. The van der Waals surface area contributed by atoms with Crippen LogP contribution in [0.2, 0.25) is 0 Å². The summed E-state index contributed by atoms with van der Waals surface area (Å²) in [7, 11) is 0. The highest BCUT2D eigenvalue weighted by atomic mass is 32.1. The third-order valence-corrected chi connectivity index (χ3v) is 2.52. The van der Waals surface area contributed by atoms with Crippen LogP contribution < -0.4 is 15.2 Å². The van der Waals surface area contributed by atoms with Gasteiger partial charge in [0.15, 0.2) is 11.5 Å². The van der Waals surface area contributed by atoms with Crippen molar-refractivity contribution in [2.75, 3.05) is 13.2 Å². The van der Waals surface area contributed by atoms with Crippen LogP contribution in [-0.2, 0) is 0 Å². The Bertz CT molecular complexity index is 380. The number of hydrogen-bond donors (Lipinski definition) is 1. The molecule has 0 radical (unpaired) electrons. The molecule has 0 saturated heterocycles. The predicted molar refractivity (Wildman–Crippen MR) is 73.9 cm³/mol. The van der Waals surface area contributed by atoms with Crippen LogP contribution in [0.3, 0.4) is 0 Å². The number of ether oxygens (including phenoxy) is 2. The fraction of sp³-hybridized carbons (Fsp3) is 0.462. The second kappa shape index (κ2) is 7.12. The average molecular weight is 253 g/mol. The zero-order chi connectivity index (χ0) is 12.7. The molecule has 0 aromatic heterocycles. The van der Waals surface area contributed by atoms with Gasteiger partial charge in [0.2, 0.25) is 0 Å². The fourth-order valence-corrected chi connectivity index (χ4v) is 1.50. The maximum atomic E-state index is 5.66. The largest absolute Gasteiger partial charge is 0.490 e. The molecule has 0 aliphatic carbocycles. The summed E-state index contributed by atoms with van der Waals surface area (Å²) in [6.45, 7) is 5.35. The SMILES string of the molecule is CCCCOc1ccc(C(N)=S)cc1OCC. The topological polar surface area (TPSA) is 44.5 Å². The average Bonchev–Trinajstić information content (AvgIpc) is 2.31. The zero-order valence-electron chi connectivity index (χ0n) is 10.4. The quantitative estimate of drug-likeness (QED) is 0.599. The Kier molecular flexibility index (Phi) is 5.77. The van der Waals surface area contributed by atoms with Crippen LogP contribution in [0, 0.1) is 0 Å². The van der Waals surface area contributed by atoms with Crippen LogP contribution in [0.15, 0.2) is 18.2 Å². The first kappa shape index (κ1) is 13.8. The van der Waals surface area contributed by atoms with Gasteiger partial charge in [-0.3, -0.25) is 0 Å². The van der Waals surface area contributed by atoms with E-state index in [9.17, 15) is 0 Å². The predicted octanol–water partition coefficient (Wildman–Crippen LogP) is 2.90. The van der Waals surface area contributed by atoms with Crippen LogP contribution in [0.5, 0.6) is 11.5 Å². The molecule has 1 aromatic rings. The Labute approximate surface area is 108 Å². The highest BCUT2D eigenvalue weighted by molar-refractivity contribution is 7.80. The van der Waals surface area contributed by atoms with E-state index in [1.54, 1.807) is 0 Å². The summed E-state index contributed by atoms with van der Waals surface area (Å²) in [4.78, 5) is 0.367. The summed E-state index contributed by atoms with van der Waals surface area (Å²) in [5.74, 6) is 1.45. The standard InChI is InChI=1S/C13H19NO2S/c1-3-5-8-16-11-7-6-10(13(14)17)9-12(11)15-4-2/h6-7,9H,3-5,8H2,1-2H3,(H2,14,17). The van der Waals surface area contributed by atoms with E-state index in [0.29, 0.717) is 24.0 Å². The lowest BCUT2D eigenvalue weighted by atomic mass is 10.2. The Hall–Kier alpha value is -1.29. The molecule has 0 unspecified atom stereocenters. The second-order valence-corrected chi connectivity index (χ2v) is 4.10. The number of unbranched alkanes of at least 4 members (excludes halogenated alkanes) is 1. The molecule has 0 saturated carbocycles. The molecule has 1 aromatic carbocycles. The van der Waals surface area contributed by atoms with Gasteiger partial charge in [0.1, 0.15) is 4.99 Å². The Morgan fingerprint density at radius 1 is 1.24 bits per heavy atom. The molecule has 0 aliphatic heterocycles. The number of thiocarbonyl (C=S) groups is 1. The van der Waals surface area contributed by atoms with Gasteiger partial charge in [-0.25, -0.2) is 0 Å². The molecule has 4 heteroatoms. The number of nitrogens with two attached hydrogens (primary N) is 1. The van der Waals surface area contributed by atoms with E-state index in [4.69, 9.17) is 27.4 Å². The maximum Gasteiger partial charge on any atom is 0.161 e. The summed E-state index contributed by atoms with van der Waals surface area (Å²) in [5, 5.41) is 0. The second-order valence-electron chi connectivity index (χ2n) is 3.66. The van der Waals surface area contributed by atoms with Gasteiger partial charge in [-0.15, -0.1) is 0 Å². The van der Waals surface area contributed by atoms with E-state index in [2.05, 4.69) is 6.92 Å². The number of benzene rings is 1. The molecule has 2 N–H and O–H groups in total. The van der Waals surface area contributed by atoms with Crippen LogP contribution in [0.4, 0.5) is 0 Å². The van der Waals surface area contributed by atoms with Gasteiger partial charge in [0, 0.05) is 5.56 Å². The van der Waals surface area contributed by atoms with Gasteiger partial charge in [-0.2, -0.15) is 0 Å². The van der Waals surface area contributed by atoms with E-state index < -0.39 is 0 Å². The van der Waals surface area contributed by atoms with Gasteiger partial charge < -0.3 is 15.2 Å². The summed E-state index contributed by atoms with van der Waals surface area (Å²) in [6.07, 6.45) is 2.14. The molecule has 0 aliphatic rings. The van der Waals surface area contributed by atoms with Crippen LogP contribution >= 0.6 is 12.2 Å².